The molecule has 0 atom stereocenters. The third kappa shape index (κ3) is 5.92. The van der Waals surface area contributed by atoms with Gasteiger partial charge in [-0.1, -0.05) is 65.7 Å². The number of ether oxygens (including phenoxy) is 1. The van der Waals surface area contributed by atoms with Crippen molar-refractivity contribution < 1.29 is 22.7 Å². The number of amides is 1. The van der Waals surface area contributed by atoms with Crippen LogP contribution in [0.1, 0.15) is 16.1 Å². The van der Waals surface area contributed by atoms with Gasteiger partial charge in [-0.3, -0.25) is 4.79 Å². The molecule has 5 aromatic rings. The molecule has 1 amide bonds. The van der Waals surface area contributed by atoms with E-state index in [1.807, 2.05) is 18.2 Å². The number of hydrogen-bond donors (Lipinski definition) is 1. The molecule has 0 aliphatic rings. The Kier molecular flexibility index (Phi) is 7.32. The lowest BCUT2D eigenvalue weighted by Crippen LogP contribution is -2.12. The van der Waals surface area contributed by atoms with Gasteiger partial charge in [-0.15, -0.1) is 0 Å². The van der Waals surface area contributed by atoms with Crippen LogP contribution in [0.4, 0.5) is 18.9 Å². The van der Waals surface area contributed by atoms with Crippen LogP contribution in [0.15, 0.2) is 103 Å². The molecule has 1 aromatic heterocycles. The zero-order valence-electron chi connectivity index (χ0n) is 19.9. The van der Waals surface area contributed by atoms with Gasteiger partial charge >= 0.3 is 6.18 Å². The van der Waals surface area contributed by atoms with Gasteiger partial charge in [-0.2, -0.15) is 18.3 Å². The molecule has 0 spiro atoms. The van der Waals surface area contributed by atoms with E-state index in [2.05, 4.69) is 10.4 Å². The number of nitrogens with zero attached hydrogens (tertiary/aromatic N) is 2. The number of anilines is 1. The van der Waals surface area contributed by atoms with Gasteiger partial charge < -0.3 is 10.1 Å². The van der Waals surface area contributed by atoms with Crippen molar-refractivity contribution in [3.8, 4) is 28.4 Å². The predicted octanol–water partition coefficient (Wildman–Crippen LogP) is 8.91. The van der Waals surface area contributed by atoms with Gasteiger partial charge in [0.05, 0.1) is 22.1 Å². The van der Waals surface area contributed by atoms with E-state index in [1.165, 1.54) is 12.1 Å². The molecule has 5 nitrogen and oxygen atoms in total. The maximum absolute atomic E-state index is 13.5. The predicted molar refractivity (Wildman–Crippen MR) is 145 cm³/mol. The van der Waals surface area contributed by atoms with Crippen molar-refractivity contribution in [2.75, 3.05) is 5.32 Å². The fourth-order valence-corrected chi connectivity index (χ4v) is 4.21. The molecule has 39 heavy (non-hydrogen) atoms. The SMILES string of the molecule is O=C(Nc1cc(Cl)ccc1Oc1ccccc1)c1ccc(-c2cc(C(F)(F)F)nn2-c2ccccc2Cl)cc1. The third-order valence-corrected chi connectivity index (χ3v) is 6.24. The zero-order chi connectivity index (χ0) is 27.6. The lowest BCUT2D eigenvalue weighted by Gasteiger charge is -2.13. The Bertz CT molecular complexity index is 1640. The Balaban J connectivity index is 1.43. The Morgan fingerprint density at radius 1 is 0.846 bits per heavy atom. The average molecular weight is 568 g/mol. The molecule has 0 unspecified atom stereocenters. The molecule has 1 heterocycles. The molecular formula is C29H18Cl2F3N3O2. The number of nitrogens with one attached hydrogen (secondary N) is 1. The minimum absolute atomic E-state index is 0.163. The number of benzene rings is 4. The highest BCUT2D eigenvalue weighted by atomic mass is 35.5. The molecule has 0 saturated carbocycles. The van der Waals surface area contributed by atoms with Gasteiger partial charge in [0.15, 0.2) is 11.4 Å². The summed E-state index contributed by atoms with van der Waals surface area (Å²) in [6.07, 6.45) is -4.66. The van der Waals surface area contributed by atoms with Crippen LogP contribution in [0.2, 0.25) is 10.0 Å². The van der Waals surface area contributed by atoms with Gasteiger partial charge in [0.25, 0.3) is 5.91 Å². The van der Waals surface area contributed by atoms with E-state index in [0.29, 0.717) is 33.5 Å². The number of carbonyl (C=O) groups is 1. The minimum atomic E-state index is -4.66. The molecule has 0 saturated heterocycles. The highest BCUT2D eigenvalue weighted by molar-refractivity contribution is 6.32. The maximum atomic E-state index is 13.5. The van der Waals surface area contributed by atoms with Crippen LogP contribution < -0.4 is 10.1 Å². The Hall–Kier alpha value is -4.27. The van der Waals surface area contributed by atoms with Crippen LogP contribution in [-0.4, -0.2) is 15.7 Å². The molecule has 0 fully saturated rings. The molecule has 5 rings (SSSR count). The normalized spacial score (nSPS) is 11.3. The Morgan fingerprint density at radius 2 is 1.54 bits per heavy atom. The van der Waals surface area contributed by atoms with Crippen LogP contribution in [0.5, 0.6) is 11.5 Å². The summed E-state index contributed by atoms with van der Waals surface area (Å²) in [4.78, 5) is 13.1. The zero-order valence-corrected chi connectivity index (χ0v) is 21.4. The number of halogens is 5. The second-order valence-electron chi connectivity index (χ2n) is 8.36. The number of alkyl halides is 3. The standard InChI is InChI=1S/C29H18Cl2F3N3O2/c30-20-14-15-26(39-21-6-2-1-3-7-21)23(16-20)35-28(38)19-12-10-18(11-13-19)25-17-27(29(32,33)34)36-37(25)24-9-5-4-8-22(24)31/h1-17H,(H,35,38). The van der Waals surface area contributed by atoms with Gasteiger partial charge in [-0.05, 0) is 60.7 Å². The molecule has 10 heteroatoms. The van der Waals surface area contributed by atoms with Crippen LogP contribution in [0.25, 0.3) is 16.9 Å². The van der Waals surface area contributed by atoms with E-state index >= 15 is 0 Å². The lowest BCUT2D eigenvalue weighted by molar-refractivity contribution is -0.141. The highest BCUT2D eigenvalue weighted by Crippen LogP contribution is 2.35. The quantitative estimate of drug-likeness (QED) is 0.223. The highest BCUT2D eigenvalue weighted by Gasteiger charge is 2.35. The fraction of sp³-hybridized carbons (Fsp3) is 0.0345. The van der Waals surface area contributed by atoms with Crippen molar-refractivity contribution in [2.24, 2.45) is 0 Å². The first-order valence-corrected chi connectivity index (χ1v) is 12.3. The van der Waals surface area contributed by atoms with E-state index in [0.717, 1.165) is 10.7 Å². The van der Waals surface area contributed by atoms with E-state index in [-0.39, 0.29) is 16.3 Å². The molecule has 0 aliphatic carbocycles. The second kappa shape index (κ2) is 10.8. The van der Waals surface area contributed by atoms with Crippen molar-refractivity contribution in [1.29, 1.82) is 0 Å². The van der Waals surface area contributed by atoms with E-state index in [9.17, 15) is 18.0 Å². The average Bonchev–Trinajstić information content (AvgIpc) is 3.37. The number of rotatable bonds is 6. The van der Waals surface area contributed by atoms with Crippen molar-refractivity contribution in [2.45, 2.75) is 6.18 Å². The van der Waals surface area contributed by atoms with Crippen molar-refractivity contribution in [3.05, 3.63) is 124 Å². The molecular weight excluding hydrogens is 550 g/mol. The lowest BCUT2D eigenvalue weighted by atomic mass is 10.1. The van der Waals surface area contributed by atoms with E-state index in [4.69, 9.17) is 27.9 Å². The van der Waals surface area contributed by atoms with Crippen molar-refractivity contribution in [3.63, 3.8) is 0 Å². The monoisotopic (exact) mass is 567 g/mol. The van der Waals surface area contributed by atoms with Crippen molar-refractivity contribution in [1.82, 2.24) is 9.78 Å². The van der Waals surface area contributed by atoms with Gasteiger partial charge in [0.1, 0.15) is 5.75 Å². The minimum Gasteiger partial charge on any atom is -0.455 e. The summed E-state index contributed by atoms with van der Waals surface area (Å²) < 4.78 is 47.5. The largest absolute Gasteiger partial charge is 0.455 e. The van der Waals surface area contributed by atoms with Crippen LogP contribution in [0, 0.1) is 0 Å². The van der Waals surface area contributed by atoms with Crippen LogP contribution in [-0.2, 0) is 6.18 Å². The van der Waals surface area contributed by atoms with E-state index in [1.54, 1.807) is 66.7 Å². The first-order chi connectivity index (χ1) is 18.7. The molecule has 0 radical (unpaired) electrons. The topological polar surface area (TPSA) is 56.1 Å². The molecule has 0 aliphatic heterocycles. The van der Waals surface area contributed by atoms with Gasteiger partial charge in [-0.25, -0.2) is 4.68 Å². The summed E-state index contributed by atoms with van der Waals surface area (Å²) >= 11 is 12.4. The Morgan fingerprint density at radius 3 is 2.23 bits per heavy atom. The van der Waals surface area contributed by atoms with Crippen molar-refractivity contribution >= 4 is 34.8 Å². The first-order valence-electron chi connectivity index (χ1n) is 11.6. The summed E-state index contributed by atoms with van der Waals surface area (Å²) in [7, 11) is 0. The molecule has 4 aromatic carbocycles. The summed E-state index contributed by atoms with van der Waals surface area (Å²) in [5.41, 5.74) is 0.418. The summed E-state index contributed by atoms with van der Waals surface area (Å²) in [5, 5.41) is 7.18. The summed E-state index contributed by atoms with van der Waals surface area (Å²) in [6, 6.07) is 27.4. The maximum Gasteiger partial charge on any atom is 0.435 e. The molecule has 196 valence electrons. The summed E-state index contributed by atoms with van der Waals surface area (Å²) in [6.45, 7) is 0. The fourth-order valence-electron chi connectivity index (χ4n) is 3.82. The number of para-hydroxylation sites is 2. The van der Waals surface area contributed by atoms with Crippen LogP contribution >= 0.6 is 23.2 Å². The Labute approximate surface area is 231 Å². The van der Waals surface area contributed by atoms with Gasteiger partial charge in [0, 0.05) is 16.1 Å². The smallest absolute Gasteiger partial charge is 0.435 e. The number of aromatic nitrogens is 2. The third-order valence-electron chi connectivity index (χ3n) is 5.68. The molecule has 0 bridgehead atoms. The molecule has 1 N–H and O–H groups in total. The second-order valence-corrected chi connectivity index (χ2v) is 9.21. The van der Waals surface area contributed by atoms with Gasteiger partial charge in [0.2, 0.25) is 0 Å². The number of hydrogen-bond acceptors (Lipinski definition) is 3. The van der Waals surface area contributed by atoms with E-state index < -0.39 is 17.8 Å². The van der Waals surface area contributed by atoms with Crippen LogP contribution in [0.3, 0.4) is 0 Å². The summed E-state index contributed by atoms with van der Waals surface area (Å²) in [5.74, 6) is 0.504. The first kappa shape index (κ1) is 26.3. The number of carbonyl (C=O) groups excluding carboxylic acids is 1.